The second-order valence-corrected chi connectivity index (χ2v) is 6.48. The van der Waals surface area contributed by atoms with Crippen LogP contribution in [0.1, 0.15) is 19.3 Å². The van der Waals surface area contributed by atoms with E-state index < -0.39 is 9.84 Å². The van der Waals surface area contributed by atoms with E-state index in [4.69, 9.17) is 11.6 Å². The molecule has 1 saturated heterocycles. The van der Waals surface area contributed by atoms with Crippen LogP contribution in [-0.2, 0) is 9.84 Å². The van der Waals surface area contributed by atoms with E-state index in [1.807, 2.05) is 0 Å². The summed E-state index contributed by atoms with van der Waals surface area (Å²) in [6, 6.07) is 0.00743. The second kappa shape index (κ2) is 5.29. The molecular weight excluding hydrogens is 262 g/mol. The van der Waals surface area contributed by atoms with Crippen molar-refractivity contribution < 1.29 is 8.42 Å². The van der Waals surface area contributed by atoms with Crippen LogP contribution in [0.25, 0.3) is 0 Å². The fraction of sp³-hybridized carbons (Fsp3) is 0.600. The van der Waals surface area contributed by atoms with E-state index in [2.05, 4.69) is 15.3 Å². The van der Waals surface area contributed by atoms with Crippen LogP contribution in [0.15, 0.2) is 17.6 Å². The van der Waals surface area contributed by atoms with E-state index in [-0.39, 0.29) is 17.0 Å². The molecule has 0 spiro atoms. The molecule has 0 bridgehead atoms. The summed E-state index contributed by atoms with van der Waals surface area (Å²) in [5.74, 6) is 0.0502. The summed E-state index contributed by atoms with van der Waals surface area (Å²) in [4.78, 5) is 7.51. The Labute approximate surface area is 106 Å². The highest BCUT2D eigenvalue weighted by atomic mass is 35.5. The van der Waals surface area contributed by atoms with Crippen molar-refractivity contribution in [2.24, 2.45) is 0 Å². The Bertz CT molecular complexity index is 469. The largest absolute Gasteiger partial charge is 0.313 e. The van der Waals surface area contributed by atoms with Gasteiger partial charge in [0.1, 0.15) is 0 Å². The van der Waals surface area contributed by atoms with E-state index in [1.165, 1.54) is 12.4 Å². The Morgan fingerprint density at radius 1 is 1.35 bits per heavy atom. The van der Waals surface area contributed by atoms with Crippen molar-refractivity contribution in [3.8, 4) is 0 Å². The lowest BCUT2D eigenvalue weighted by molar-refractivity contribution is 0.423. The highest BCUT2D eigenvalue weighted by Crippen LogP contribution is 2.13. The standard InChI is InChI=1S/C10H14ClN3O2S/c11-8-5-13-10(14-6-8)17(15,16)7-9-3-1-2-4-12-9/h5-6,9,12H,1-4,7H2. The maximum Gasteiger partial charge on any atom is 0.247 e. The number of rotatable bonds is 3. The second-order valence-electron chi connectivity index (χ2n) is 4.11. The van der Waals surface area contributed by atoms with Gasteiger partial charge in [0.2, 0.25) is 15.0 Å². The zero-order valence-corrected chi connectivity index (χ0v) is 10.8. The average Bonchev–Trinajstić information content (AvgIpc) is 2.30. The SMILES string of the molecule is O=S(=O)(CC1CCCCN1)c1ncc(Cl)cn1. The van der Waals surface area contributed by atoms with E-state index in [0.29, 0.717) is 5.02 Å². The van der Waals surface area contributed by atoms with Gasteiger partial charge in [0.15, 0.2) is 0 Å². The zero-order chi connectivity index (χ0) is 12.3. The van der Waals surface area contributed by atoms with Gasteiger partial charge in [-0.05, 0) is 19.4 Å². The summed E-state index contributed by atoms with van der Waals surface area (Å²) < 4.78 is 24.0. The molecule has 17 heavy (non-hydrogen) atoms. The van der Waals surface area contributed by atoms with Crippen molar-refractivity contribution in [2.75, 3.05) is 12.3 Å². The van der Waals surface area contributed by atoms with Crippen molar-refractivity contribution in [1.82, 2.24) is 15.3 Å². The summed E-state index contributed by atoms with van der Waals surface area (Å²) in [7, 11) is -3.42. The van der Waals surface area contributed by atoms with E-state index in [1.54, 1.807) is 0 Å². The molecule has 1 aliphatic heterocycles. The van der Waals surface area contributed by atoms with Crippen molar-refractivity contribution in [3.05, 3.63) is 17.4 Å². The molecule has 94 valence electrons. The summed E-state index contributed by atoms with van der Waals surface area (Å²) in [6.45, 7) is 0.877. The molecular formula is C10H14ClN3O2S. The molecule has 1 aromatic rings. The predicted molar refractivity (Wildman–Crippen MR) is 64.7 cm³/mol. The number of nitrogens with zero attached hydrogens (tertiary/aromatic N) is 2. The number of piperidine rings is 1. The van der Waals surface area contributed by atoms with Gasteiger partial charge in [-0.3, -0.25) is 0 Å². The van der Waals surface area contributed by atoms with Gasteiger partial charge in [0.25, 0.3) is 0 Å². The first-order chi connectivity index (χ1) is 8.08. The minimum atomic E-state index is -3.42. The van der Waals surface area contributed by atoms with Crippen molar-refractivity contribution >= 4 is 21.4 Å². The zero-order valence-electron chi connectivity index (χ0n) is 9.26. The number of hydrogen-bond donors (Lipinski definition) is 1. The minimum absolute atomic E-state index is 0.00743. The Morgan fingerprint density at radius 2 is 2.06 bits per heavy atom. The van der Waals surface area contributed by atoms with Crippen LogP contribution in [-0.4, -0.2) is 36.7 Å². The summed E-state index contributed by atoms with van der Waals surface area (Å²) in [6.07, 6.45) is 5.65. The molecule has 0 amide bonds. The molecule has 0 aliphatic carbocycles. The molecule has 0 radical (unpaired) electrons. The Kier molecular flexibility index (Phi) is 3.96. The third-order valence-corrected chi connectivity index (χ3v) is 4.51. The highest BCUT2D eigenvalue weighted by molar-refractivity contribution is 7.91. The monoisotopic (exact) mass is 275 g/mol. The molecule has 1 unspecified atom stereocenters. The average molecular weight is 276 g/mol. The fourth-order valence-corrected chi connectivity index (χ4v) is 3.35. The lowest BCUT2D eigenvalue weighted by atomic mass is 10.1. The van der Waals surface area contributed by atoms with Crippen molar-refractivity contribution in [1.29, 1.82) is 0 Å². The van der Waals surface area contributed by atoms with Gasteiger partial charge in [0.05, 0.1) is 23.2 Å². The smallest absolute Gasteiger partial charge is 0.247 e. The molecule has 1 aliphatic rings. The molecule has 1 N–H and O–H groups in total. The molecule has 1 fully saturated rings. The van der Waals surface area contributed by atoms with E-state index in [9.17, 15) is 8.42 Å². The quantitative estimate of drug-likeness (QED) is 0.835. The first-order valence-electron chi connectivity index (χ1n) is 5.51. The number of aromatic nitrogens is 2. The van der Waals surface area contributed by atoms with Crippen molar-refractivity contribution in [3.63, 3.8) is 0 Å². The van der Waals surface area contributed by atoms with Gasteiger partial charge >= 0.3 is 0 Å². The van der Waals surface area contributed by atoms with E-state index in [0.717, 1.165) is 25.8 Å². The van der Waals surface area contributed by atoms with Crippen LogP contribution in [0.2, 0.25) is 5.02 Å². The predicted octanol–water partition coefficient (Wildman–Crippen LogP) is 1.05. The maximum absolute atomic E-state index is 12.0. The topological polar surface area (TPSA) is 72.0 Å². The molecule has 2 rings (SSSR count). The molecule has 1 aromatic heterocycles. The van der Waals surface area contributed by atoms with Crippen LogP contribution in [0.4, 0.5) is 0 Å². The number of sulfone groups is 1. The molecule has 7 heteroatoms. The van der Waals surface area contributed by atoms with Gasteiger partial charge < -0.3 is 5.32 Å². The molecule has 1 atom stereocenters. The van der Waals surface area contributed by atoms with Crippen LogP contribution >= 0.6 is 11.6 Å². The molecule has 5 nitrogen and oxygen atoms in total. The first-order valence-corrected chi connectivity index (χ1v) is 7.55. The number of nitrogens with one attached hydrogen (secondary N) is 1. The molecule has 2 heterocycles. The van der Waals surface area contributed by atoms with Gasteiger partial charge in [0, 0.05) is 6.04 Å². The normalized spacial score (nSPS) is 21.4. The van der Waals surface area contributed by atoms with Crippen molar-refractivity contribution in [2.45, 2.75) is 30.5 Å². The lowest BCUT2D eigenvalue weighted by Crippen LogP contribution is -2.39. The minimum Gasteiger partial charge on any atom is -0.313 e. The summed E-state index contributed by atoms with van der Waals surface area (Å²) in [5.41, 5.74) is 0. The van der Waals surface area contributed by atoms with Crippen LogP contribution in [0, 0.1) is 0 Å². The maximum atomic E-state index is 12.0. The Balaban J connectivity index is 2.10. The fourth-order valence-electron chi connectivity index (χ4n) is 1.87. The first kappa shape index (κ1) is 12.7. The van der Waals surface area contributed by atoms with Gasteiger partial charge in [-0.1, -0.05) is 18.0 Å². The Morgan fingerprint density at radius 3 is 2.65 bits per heavy atom. The molecule has 0 saturated carbocycles. The van der Waals surface area contributed by atoms with Crippen LogP contribution in [0.3, 0.4) is 0 Å². The molecule has 0 aromatic carbocycles. The van der Waals surface area contributed by atoms with Crippen LogP contribution < -0.4 is 5.32 Å². The number of hydrogen-bond acceptors (Lipinski definition) is 5. The van der Waals surface area contributed by atoms with E-state index >= 15 is 0 Å². The number of halogens is 1. The lowest BCUT2D eigenvalue weighted by Gasteiger charge is -2.22. The van der Waals surface area contributed by atoms with Gasteiger partial charge in [-0.2, -0.15) is 0 Å². The third kappa shape index (κ3) is 3.37. The summed E-state index contributed by atoms with van der Waals surface area (Å²) in [5, 5.41) is 3.38. The van der Waals surface area contributed by atoms with Gasteiger partial charge in [-0.25, -0.2) is 18.4 Å². The van der Waals surface area contributed by atoms with Crippen LogP contribution in [0.5, 0.6) is 0 Å². The Hall–Kier alpha value is -0.720. The highest BCUT2D eigenvalue weighted by Gasteiger charge is 2.24. The van der Waals surface area contributed by atoms with Gasteiger partial charge in [-0.15, -0.1) is 0 Å². The summed E-state index contributed by atoms with van der Waals surface area (Å²) >= 11 is 5.62. The third-order valence-electron chi connectivity index (χ3n) is 2.71.